The molecular weight excluding hydrogens is 297 g/mol. The number of carbonyl (C=O) groups is 1. The molecule has 4 nitrogen and oxygen atoms in total. The number of hydrogen-bond acceptors (Lipinski definition) is 3. The van der Waals surface area contributed by atoms with Crippen molar-refractivity contribution in [1.29, 1.82) is 0 Å². The Bertz CT molecular complexity index is 363. The van der Waals surface area contributed by atoms with Crippen molar-refractivity contribution in [3.63, 3.8) is 0 Å². The SMILES string of the molecule is CCCCC(CN)NC(=O)C(C)c1cccnc1.Cl.Cl. The lowest BCUT2D eigenvalue weighted by Gasteiger charge is -2.19. The summed E-state index contributed by atoms with van der Waals surface area (Å²) in [5.74, 6) is -0.163. The molecule has 0 saturated carbocycles. The second-order valence-electron chi connectivity index (χ2n) is 4.59. The van der Waals surface area contributed by atoms with Gasteiger partial charge in [0.25, 0.3) is 0 Å². The Kier molecular flexibility index (Phi) is 12.8. The van der Waals surface area contributed by atoms with Gasteiger partial charge in [0.2, 0.25) is 5.91 Å². The van der Waals surface area contributed by atoms with Crippen LogP contribution in [0.25, 0.3) is 0 Å². The molecule has 0 aromatic carbocycles. The maximum absolute atomic E-state index is 12.1. The summed E-state index contributed by atoms with van der Waals surface area (Å²) < 4.78 is 0. The van der Waals surface area contributed by atoms with Crippen LogP contribution in [0.4, 0.5) is 0 Å². The van der Waals surface area contributed by atoms with Crippen LogP contribution in [-0.4, -0.2) is 23.5 Å². The van der Waals surface area contributed by atoms with Crippen LogP contribution < -0.4 is 11.1 Å². The van der Waals surface area contributed by atoms with Crippen LogP contribution >= 0.6 is 24.8 Å². The van der Waals surface area contributed by atoms with Gasteiger partial charge in [-0.15, -0.1) is 24.8 Å². The standard InChI is InChI=1S/C14H23N3O.2ClH/c1-3-4-7-13(9-15)17-14(18)11(2)12-6-5-8-16-10-12;;/h5-6,8,10-11,13H,3-4,7,9,15H2,1-2H3,(H,17,18);2*1H. The van der Waals surface area contributed by atoms with Crippen LogP contribution in [0.5, 0.6) is 0 Å². The van der Waals surface area contributed by atoms with Gasteiger partial charge in [0, 0.05) is 25.0 Å². The first-order chi connectivity index (χ1) is 8.69. The number of amides is 1. The molecule has 0 aliphatic heterocycles. The number of nitrogens with zero attached hydrogens (tertiary/aromatic N) is 1. The number of aromatic nitrogens is 1. The van der Waals surface area contributed by atoms with Gasteiger partial charge in [0.15, 0.2) is 0 Å². The minimum atomic E-state index is -0.186. The van der Waals surface area contributed by atoms with Gasteiger partial charge in [-0.2, -0.15) is 0 Å². The summed E-state index contributed by atoms with van der Waals surface area (Å²) in [4.78, 5) is 16.1. The first kappa shape index (κ1) is 21.5. The third kappa shape index (κ3) is 7.08. The molecule has 116 valence electrons. The van der Waals surface area contributed by atoms with Gasteiger partial charge in [0.05, 0.1) is 5.92 Å². The highest BCUT2D eigenvalue weighted by Crippen LogP contribution is 2.14. The number of unbranched alkanes of at least 4 members (excludes halogenated alkanes) is 1. The van der Waals surface area contributed by atoms with E-state index in [1.165, 1.54) is 0 Å². The maximum atomic E-state index is 12.1. The van der Waals surface area contributed by atoms with Crippen molar-refractivity contribution < 1.29 is 4.79 Å². The van der Waals surface area contributed by atoms with E-state index in [4.69, 9.17) is 5.73 Å². The Morgan fingerprint density at radius 2 is 2.15 bits per heavy atom. The maximum Gasteiger partial charge on any atom is 0.227 e. The number of carbonyl (C=O) groups excluding carboxylic acids is 1. The molecule has 0 fully saturated rings. The van der Waals surface area contributed by atoms with Crippen molar-refractivity contribution in [2.24, 2.45) is 5.73 Å². The summed E-state index contributed by atoms with van der Waals surface area (Å²) in [5, 5.41) is 3.01. The fourth-order valence-electron chi connectivity index (χ4n) is 1.81. The van der Waals surface area contributed by atoms with E-state index in [9.17, 15) is 4.79 Å². The molecule has 1 rings (SSSR count). The van der Waals surface area contributed by atoms with Gasteiger partial charge in [-0.05, 0) is 25.0 Å². The highest BCUT2D eigenvalue weighted by molar-refractivity contribution is 5.85. The van der Waals surface area contributed by atoms with E-state index in [1.54, 1.807) is 12.4 Å². The number of halogens is 2. The Morgan fingerprint density at radius 3 is 2.65 bits per heavy atom. The molecule has 1 aromatic rings. The molecule has 1 heterocycles. The Balaban J connectivity index is 0. The van der Waals surface area contributed by atoms with Gasteiger partial charge >= 0.3 is 0 Å². The first-order valence-electron chi connectivity index (χ1n) is 6.59. The zero-order valence-corrected chi connectivity index (χ0v) is 13.7. The zero-order chi connectivity index (χ0) is 13.4. The number of hydrogen-bond donors (Lipinski definition) is 2. The molecule has 6 heteroatoms. The lowest BCUT2D eigenvalue weighted by Crippen LogP contribution is -2.42. The molecule has 0 bridgehead atoms. The van der Waals surface area contributed by atoms with E-state index in [2.05, 4.69) is 17.2 Å². The van der Waals surface area contributed by atoms with Gasteiger partial charge in [0.1, 0.15) is 0 Å². The van der Waals surface area contributed by atoms with Gasteiger partial charge < -0.3 is 11.1 Å². The summed E-state index contributed by atoms with van der Waals surface area (Å²) in [6.07, 6.45) is 6.58. The quantitative estimate of drug-likeness (QED) is 0.811. The smallest absolute Gasteiger partial charge is 0.227 e. The lowest BCUT2D eigenvalue weighted by atomic mass is 10.0. The molecule has 0 spiro atoms. The molecule has 0 aliphatic carbocycles. The summed E-state index contributed by atoms with van der Waals surface area (Å²) in [6, 6.07) is 3.84. The number of nitrogens with two attached hydrogens (primary N) is 1. The Labute approximate surface area is 133 Å². The predicted molar refractivity (Wildman–Crippen MR) is 87.7 cm³/mol. The van der Waals surface area contributed by atoms with Crippen molar-refractivity contribution in [3.05, 3.63) is 30.1 Å². The van der Waals surface area contributed by atoms with Crippen LogP contribution in [0.2, 0.25) is 0 Å². The van der Waals surface area contributed by atoms with Gasteiger partial charge in [-0.25, -0.2) is 0 Å². The van der Waals surface area contributed by atoms with Gasteiger partial charge in [-0.1, -0.05) is 25.8 Å². The second kappa shape index (κ2) is 11.9. The topological polar surface area (TPSA) is 68.0 Å². The fourth-order valence-corrected chi connectivity index (χ4v) is 1.81. The summed E-state index contributed by atoms with van der Waals surface area (Å²) in [7, 11) is 0. The lowest BCUT2D eigenvalue weighted by molar-refractivity contribution is -0.122. The molecule has 0 saturated heterocycles. The normalized spacial score (nSPS) is 12.6. The van der Waals surface area contributed by atoms with E-state index >= 15 is 0 Å². The number of rotatable bonds is 7. The molecule has 1 amide bonds. The molecule has 0 radical (unpaired) electrons. The largest absolute Gasteiger partial charge is 0.352 e. The van der Waals surface area contributed by atoms with Crippen molar-refractivity contribution in [2.45, 2.75) is 45.1 Å². The first-order valence-corrected chi connectivity index (χ1v) is 6.59. The molecule has 1 aromatic heterocycles. The second-order valence-corrected chi connectivity index (χ2v) is 4.59. The third-order valence-electron chi connectivity index (χ3n) is 3.11. The monoisotopic (exact) mass is 321 g/mol. The summed E-state index contributed by atoms with van der Waals surface area (Å²) in [6.45, 7) is 4.51. The highest BCUT2D eigenvalue weighted by atomic mass is 35.5. The molecule has 20 heavy (non-hydrogen) atoms. The van der Waals surface area contributed by atoms with E-state index in [0.717, 1.165) is 24.8 Å². The summed E-state index contributed by atoms with van der Waals surface area (Å²) in [5.41, 5.74) is 6.61. The van der Waals surface area contributed by atoms with Crippen LogP contribution in [0.3, 0.4) is 0 Å². The molecular formula is C14H25Cl2N3O. The predicted octanol–water partition coefficient (Wildman–Crippen LogP) is 2.66. The van der Waals surface area contributed by atoms with Crippen molar-refractivity contribution in [2.75, 3.05) is 6.54 Å². The average molecular weight is 322 g/mol. The minimum Gasteiger partial charge on any atom is -0.352 e. The van der Waals surface area contributed by atoms with Crippen LogP contribution in [0.1, 0.15) is 44.6 Å². The van der Waals surface area contributed by atoms with Crippen LogP contribution in [0.15, 0.2) is 24.5 Å². The summed E-state index contributed by atoms with van der Waals surface area (Å²) >= 11 is 0. The molecule has 2 atom stereocenters. The molecule has 0 aliphatic rings. The molecule has 2 unspecified atom stereocenters. The highest BCUT2D eigenvalue weighted by Gasteiger charge is 2.18. The van der Waals surface area contributed by atoms with E-state index in [1.807, 2.05) is 19.1 Å². The van der Waals surface area contributed by atoms with Crippen LogP contribution in [0, 0.1) is 0 Å². The fraction of sp³-hybridized carbons (Fsp3) is 0.571. The number of pyridine rings is 1. The van der Waals surface area contributed by atoms with Crippen molar-refractivity contribution in [1.82, 2.24) is 10.3 Å². The van der Waals surface area contributed by atoms with Crippen LogP contribution in [-0.2, 0) is 4.79 Å². The molecule has 3 N–H and O–H groups in total. The van der Waals surface area contributed by atoms with Gasteiger partial charge in [-0.3, -0.25) is 9.78 Å². The zero-order valence-electron chi connectivity index (χ0n) is 12.0. The van der Waals surface area contributed by atoms with Crippen molar-refractivity contribution >= 4 is 30.7 Å². The minimum absolute atomic E-state index is 0. The van der Waals surface area contributed by atoms with E-state index < -0.39 is 0 Å². The van der Waals surface area contributed by atoms with Crippen molar-refractivity contribution in [3.8, 4) is 0 Å². The third-order valence-corrected chi connectivity index (χ3v) is 3.11. The number of nitrogens with one attached hydrogen (secondary N) is 1. The van der Waals surface area contributed by atoms with E-state index in [0.29, 0.717) is 6.54 Å². The average Bonchev–Trinajstić information content (AvgIpc) is 2.43. The Morgan fingerprint density at radius 1 is 1.45 bits per heavy atom. The Hall–Kier alpha value is -0.840. The van der Waals surface area contributed by atoms with E-state index in [-0.39, 0.29) is 42.7 Å².